The first-order valence-electron chi connectivity index (χ1n) is 6.92. The largest absolute Gasteiger partial charge is 0.494 e. The molecule has 2 aromatic rings. The monoisotopic (exact) mass is 287 g/mol. The molecule has 20 heavy (non-hydrogen) atoms. The van der Waals surface area contributed by atoms with Crippen LogP contribution in [-0.4, -0.2) is 12.4 Å². The Bertz CT molecular complexity index is 496. The summed E-state index contributed by atoms with van der Waals surface area (Å²) in [6.45, 7) is 2.76. The van der Waals surface area contributed by atoms with Gasteiger partial charge in [0.05, 0.1) is 6.61 Å². The SMILES string of the molecule is CC(N)c1ccc(SCCCOc2ccccc2)cc1. The van der Waals surface area contributed by atoms with Gasteiger partial charge in [-0.3, -0.25) is 0 Å². The van der Waals surface area contributed by atoms with Crippen molar-refractivity contribution in [2.45, 2.75) is 24.3 Å². The van der Waals surface area contributed by atoms with Crippen molar-refractivity contribution in [3.05, 3.63) is 60.2 Å². The number of ether oxygens (including phenoxy) is 1. The van der Waals surface area contributed by atoms with Crippen molar-refractivity contribution in [2.75, 3.05) is 12.4 Å². The van der Waals surface area contributed by atoms with Gasteiger partial charge in [0.1, 0.15) is 5.75 Å². The summed E-state index contributed by atoms with van der Waals surface area (Å²) in [5, 5.41) is 0. The molecule has 0 saturated heterocycles. The molecule has 106 valence electrons. The average Bonchev–Trinajstić information content (AvgIpc) is 2.48. The van der Waals surface area contributed by atoms with Gasteiger partial charge < -0.3 is 10.5 Å². The zero-order chi connectivity index (χ0) is 14.2. The fraction of sp³-hybridized carbons (Fsp3) is 0.294. The molecule has 1 atom stereocenters. The quantitative estimate of drug-likeness (QED) is 0.610. The lowest BCUT2D eigenvalue weighted by Crippen LogP contribution is -2.04. The van der Waals surface area contributed by atoms with E-state index in [4.69, 9.17) is 10.5 Å². The zero-order valence-corrected chi connectivity index (χ0v) is 12.6. The van der Waals surface area contributed by atoms with Gasteiger partial charge in [-0.05, 0) is 43.2 Å². The minimum Gasteiger partial charge on any atom is -0.494 e. The number of benzene rings is 2. The molecule has 2 nitrogen and oxygen atoms in total. The molecule has 0 radical (unpaired) electrons. The number of thioether (sulfide) groups is 1. The maximum Gasteiger partial charge on any atom is 0.119 e. The Labute approximate surface area is 125 Å². The molecule has 0 bridgehead atoms. The predicted octanol–water partition coefficient (Wildman–Crippen LogP) is 4.27. The molecule has 0 aliphatic heterocycles. The van der Waals surface area contributed by atoms with Crippen molar-refractivity contribution in [2.24, 2.45) is 5.73 Å². The molecule has 0 aromatic heterocycles. The van der Waals surface area contributed by atoms with Crippen LogP contribution in [0.4, 0.5) is 0 Å². The Hall–Kier alpha value is -1.45. The summed E-state index contributed by atoms with van der Waals surface area (Å²) < 4.78 is 5.66. The summed E-state index contributed by atoms with van der Waals surface area (Å²) in [4.78, 5) is 1.29. The summed E-state index contributed by atoms with van der Waals surface area (Å²) in [7, 11) is 0. The number of hydrogen-bond donors (Lipinski definition) is 1. The molecule has 0 heterocycles. The van der Waals surface area contributed by atoms with E-state index in [-0.39, 0.29) is 6.04 Å². The molecular weight excluding hydrogens is 266 g/mol. The van der Waals surface area contributed by atoms with Crippen molar-refractivity contribution < 1.29 is 4.74 Å². The Morgan fingerprint density at radius 1 is 1.05 bits per heavy atom. The van der Waals surface area contributed by atoms with Gasteiger partial charge in [0.15, 0.2) is 0 Å². The van der Waals surface area contributed by atoms with Gasteiger partial charge in [-0.2, -0.15) is 0 Å². The van der Waals surface area contributed by atoms with Crippen LogP contribution in [0.25, 0.3) is 0 Å². The molecule has 0 saturated carbocycles. The number of rotatable bonds is 7. The summed E-state index contributed by atoms with van der Waals surface area (Å²) >= 11 is 1.86. The number of nitrogens with two attached hydrogens (primary N) is 1. The predicted molar refractivity (Wildman–Crippen MR) is 86.3 cm³/mol. The lowest BCUT2D eigenvalue weighted by molar-refractivity contribution is 0.319. The Kier molecular flexibility index (Phi) is 5.96. The van der Waals surface area contributed by atoms with Crippen LogP contribution in [0.3, 0.4) is 0 Å². The third-order valence-electron chi connectivity index (χ3n) is 2.98. The highest BCUT2D eigenvalue weighted by atomic mass is 32.2. The molecule has 2 N–H and O–H groups in total. The molecule has 0 fully saturated rings. The van der Waals surface area contributed by atoms with Gasteiger partial charge in [0.2, 0.25) is 0 Å². The third-order valence-corrected chi connectivity index (χ3v) is 4.07. The van der Waals surface area contributed by atoms with E-state index in [0.717, 1.165) is 24.5 Å². The molecule has 1 unspecified atom stereocenters. The highest BCUT2D eigenvalue weighted by molar-refractivity contribution is 7.99. The first kappa shape index (κ1) is 14.9. The van der Waals surface area contributed by atoms with E-state index in [9.17, 15) is 0 Å². The van der Waals surface area contributed by atoms with Gasteiger partial charge in [-0.15, -0.1) is 11.8 Å². The van der Waals surface area contributed by atoms with Crippen LogP contribution in [0.2, 0.25) is 0 Å². The second-order valence-electron chi connectivity index (χ2n) is 4.72. The van der Waals surface area contributed by atoms with Gasteiger partial charge >= 0.3 is 0 Å². The van der Waals surface area contributed by atoms with E-state index in [0.29, 0.717) is 0 Å². The number of para-hydroxylation sites is 1. The van der Waals surface area contributed by atoms with Crippen molar-refractivity contribution in [3.63, 3.8) is 0 Å². The van der Waals surface area contributed by atoms with Gasteiger partial charge in [0.25, 0.3) is 0 Å². The van der Waals surface area contributed by atoms with Crippen LogP contribution in [0.1, 0.15) is 24.9 Å². The summed E-state index contributed by atoms with van der Waals surface area (Å²) in [5.41, 5.74) is 7.02. The Morgan fingerprint density at radius 2 is 1.75 bits per heavy atom. The smallest absolute Gasteiger partial charge is 0.119 e. The van der Waals surface area contributed by atoms with Gasteiger partial charge in [0, 0.05) is 16.7 Å². The van der Waals surface area contributed by atoms with Crippen LogP contribution in [0.15, 0.2) is 59.5 Å². The molecule has 0 aliphatic rings. The van der Waals surface area contributed by atoms with Crippen LogP contribution >= 0.6 is 11.8 Å². The lowest BCUT2D eigenvalue weighted by Gasteiger charge is -2.07. The third kappa shape index (κ3) is 4.91. The van der Waals surface area contributed by atoms with E-state index in [2.05, 4.69) is 24.3 Å². The molecule has 0 spiro atoms. The van der Waals surface area contributed by atoms with Crippen molar-refractivity contribution in [3.8, 4) is 5.75 Å². The van der Waals surface area contributed by atoms with Crippen LogP contribution in [0, 0.1) is 0 Å². The van der Waals surface area contributed by atoms with E-state index in [1.165, 1.54) is 10.5 Å². The summed E-state index contributed by atoms with van der Waals surface area (Å²) in [6, 6.07) is 18.5. The molecule has 0 aliphatic carbocycles. The van der Waals surface area contributed by atoms with E-state index in [1.807, 2.05) is 49.0 Å². The minimum absolute atomic E-state index is 0.105. The van der Waals surface area contributed by atoms with Gasteiger partial charge in [-0.1, -0.05) is 30.3 Å². The zero-order valence-electron chi connectivity index (χ0n) is 11.8. The van der Waals surface area contributed by atoms with Crippen molar-refractivity contribution in [1.82, 2.24) is 0 Å². The molecule has 2 rings (SSSR count). The van der Waals surface area contributed by atoms with E-state index in [1.54, 1.807) is 0 Å². The standard InChI is InChI=1S/C17H21NOS/c1-14(18)15-8-10-17(11-9-15)20-13-5-12-19-16-6-3-2-4-7-16/h2-4,6-11,14H,5,12-13,18H2,1H3. The summed E-state index contributed by atoms with van der Waals surface area (Å²) in [6.07, 6.45) is 1.04. The topological polar surface area (TPSA) is 35.2 Å². The second-order valence-corrected chi connectivity index (χ2v) is 5.89. The number of hydrogen-bond acceptors (Lipinski definition) is 3. The maximum atomic E-state index is 5.84. The molecular formula is C17H21NOS. The molecule has 3 heteroatoms. The highest BCUT2D eigenvalue weighted by Crippen LogP contribution is 2.21. The Morgan fingerprint density at radius 3 is 2.40 bits per heavy atom. The van der Waals surface area contributed by atoms with E-state index >= 15 is 0 Å². The average molecular weight is 287 g/mol. The van der Waals surface area contributed by atoms with Crippen molar-refractivity contribution >= 4 is 11.8 Å². The lowest BCUT2D eigenvalue weighted by atomic mass is 10.1. The Balaban J connectivity index is 1.66. The van der Waals surface area contributed by atoms with E-state index < -0.39 is 0 Å². The first-order valence-corrected chi connectivity index (χ1v) is 7.90. The second kappa shape index (κ2) is 7.98. The van der Waals surface area contributed by atoms with Crippen LogP contribution in [0.5, 0.6) is 5.75 Å². The molecule has 2 aromatic carbocycles. The fourth-order valence-electron chi connectivity index (χ4n) is 1.82. The summed E-state index contributed by atoms with van der Waals surface area (Å²) in [5.74, 6) is 2.00. The molecule has 0 amide bonds. The van der Waals surface area contributed by atoms with Crippen LogP contribution in [-0.2, 0) is 0 Å². The van der Waals surface area contributed by atoms with Gasteiger partial charge in [-0.25, -0.2) is 0 Å². The highest BCUT2D eigenvalue weighted by Gasteiger charge is 1.99. The fourth-order valence-corrected chi connectivity index (χ4v) is 2.65. The first-order chi connectivity index (χ1) is 9.75. The van der Waals surface area contributed by atoms with Crippen LogP contribution < -0.4 is 10.5 Å². The van der Waals surface area contributed by atoms with Crippen molar-refractivity contribution in [1.29, 1.82) is 0 Å². The minimum atomic E-state index is 0.105. The normalized spacial score (nSPS) is 12.1. The maximum absolute atomic E-state index is 5.84.